The fourth-order valence-electron chi connectivity index (χ4n) is 3.99. The van der Waals surface area contributed by atoms with Crippen LogP contribution in [0.4, 0.5) is 4.79 Å². The summed E-state index contributed by atoms with van der Waals surface area (Å²) in [6.45, 7) is 7.08. The van der Waals surface area contributed by atoms with Gasteiger partial charge in [-0.1, -0.05) is 12.1 Å². The molecule has 1 atom stereocenters. The van der Waals surface area contributed by atoms with E-state index >= 15 is 0 Å². The number of hydrogen-bond donors (Lipinski definition) is 1. The summed E-state index contributed by atoms with van der Waals surface area (Å²) in [4.78, 5) is 33.3. The Bertz CT molecular complexity index is 997. The number of amides is 3. The molecule has 28 heavy (non-hydrogen) atoms. The molecule has 3 amide bonds. The van der Waals surface area contributed by atoms with Crippen LogP contribution < -0.4 is 5.32 Å². The lowest BCUT2D eigenvalue weighted by atomic mass is 9.90. The van der Waals surface area contributed by atoms with Gasteiger partial charge < -0.3 is 10.2 Å². The summed E-state index contributed by atoms with van der Waals surface area (Å²) in [6, 6.07) is 7.41. The van der Waals surface area contributed by atoms with E-state index in [9.17, 15) is 9.59 Å². The number of pyridine rings is 1. The molecule has 6 heteroatoms. The van der Waals surface area contributed by atoms with Crippen molar-refractivity contribution in [3.63, 3.8) is 0 Å². The van der Waals surface area contributed by atoms with Gasteiger partial charge in [0.05, 0.1) is 23.9 Å². The molecule has 0 bridgehead atoms. The number of nitrogens with zero attached hydrogens (tertiary/aromatic N) is 3. The first kappa shape index (κ1) is 18.2. The summed E-state index contributed by atoms with van der Waals surface area (Å²) < 4.78 is 0. The van der Waals surface area contributed by atoms with Crippen molar-refractivity contribution in [3.05, 3.63) is 75.7 Å². The van der Waals surface area contributed by atoms with E-state index in [-0.39, 0.29) is 11.9 Å². The number of nitrogens with one attached hydrogen (secondary N) is 1. The molecule has 0 spiro atoms. The molecule has 0 radical (unpaired) electrons. The van der Waals surface area contributed by atoms with Crippen LogP contribution >= 0.6 is 0 Å². The highest BCUT2D eigenvalue weighted by Gasteiger charge is 2.43. The molecule has 3 heterocycles. The highest BCUT2D eigenvalue weighted by Crippen LogP contribution is 2.37. The Labute approximate surface area is 164 Å². The molecule has 144 valence electrons. The van der Waals surface area contributed by atoms with Crippen molar-refractivity contribution in [1.82, 2.24) is 20.1 Å². The summed E-state index contributed by atoms with van der Waals surface area (Å²) in [7, 11) is 1.72. The van der Waals surface area contributed by atoms with Crippen LogP contribution in [0.3, 0.4) is 0 Å². The van der Waals surface area contributed by atoms with Crippen LogP contribution in [0.1, 0.15) is 33.9 Å². The number of rotatable bonds is 3. The van der Waals surface area contributed by atoms with Gasteiger partial charge in [-0.25, -0.2) is 4.79 Å². The number of hydrogen-bond acceptors (Lipinski definition) is 3. The van der Waals surface area contributed by atoms with Gasteiger partial charge in [0.15, 0.2) is 0 Å². The monoisotopic (exact) mass is 376 g/mol. The minimum atomic E-state index is -0.423. The molecule has 2 aliphatic heterocycles. The SMILES string of the molecule is Cc1cc(C)c([C@@H]2NC(=O)N(C)C3=C2C(=O)N(Cc2ccncc2)C3)cc1C. The first-order valence-electron chi connectivity index (χ1n) is 9.40. The quantitative estimate of drug-likeness (QED) is 0.896. The summed E-state index contributed by atoms with van der Waals surface area (Å²) >= 11 is 0. The second-order valence-corrected chi connectivity index (χ2v) is 7.61. The zero-order valence-electron chi connectivity index (χ0n) is 16.6. The lowest BCUT2D eigenvalue weighted by molar-refractivity contribution is -0.126. The van der Waals surface area contributed by atoms with Gasteiger partial charge in [0.25, 0.3) is 5.91 Å². The second-order valence-electron chi connectivity index (χ2n) is 7.61. The van der Waals surface area contributed by atoms with Crippen molar-refractivity contribution in [2.45, 2.75) is 33.4 Å². The normalized spacial score (nSPS) is 19.2. The molecule has 0 fully saturated rings. The number of benzene rings is 1. The minimum Gasteiger partial charge on any atom is -0.329 e. The maximum absolute atomic E-state index is 13.3. The molecular weight excluding hydrogens is 352 g/mol. The Morgan fingerprint density at radius 2 is 1.75 bits per heavy atom. The van der Waals surface area contributed by atoms with Crippen LogP contribution in [-0.2, 0) is 11.3 Å². The third kappa shape index (κ3) is 2.95. The number of aryl methyl sites for hydroxylation is 3. The van der Waals surface area contributed by atoms with E-state index in [4.69, 9.17) is 0 Å². The maximum atomic E-state index is 13.3. The largest absolute Gasteiger partial charge is 0.329 e. The number of likely N-dealkylation sites (N-methyl/N-ethyl adjacent to an activating group) is 1. The van der Waals surface area contributed by atoms with Gasteiger partial charge >= 0.3 is 6.03 Å². The van der Waals surface area contributed by atoms with Gasteiger partial charge in [0.2, 0.25) is 0 Å². The molecule has 0 aliphatic carbocycles. The van der Waals surface area contributed by atoms with Gasteiger partial charge in [0, 0.05) is 26.0 Å². The smallest absolute Gasteiger partial charge is 0.322 e. The molecule has 2 aromatic rings. The first-order chi connectivity index (χ1) is 13.4. The van der Waals surface area contributed by atoms with Crippen LogP contribution in [0.25, 0.3) is 0 Å². The average molecular weight is 376 g/mol. The van der Waals surface area contributed by atoms with Gasteiger partial charge in [-0.2, -0.15) is 0 Å². The van der Waals surface area contributed by atoms with Gasteiger partial charge in [-0.3, -0.25) is 14.7 Å². The number of urea groups is 1. The fraction of sp³-hybridized carbons (Fsp3) is 0.318. The van der Waals surface area contributed by atoms with Crippen molar-refractivity contribution in [2.75, 3.05) is 13.6 Å². The Morgan fingerprint density at radius 1 is 1.07 bits per heavy atom. The van der Waals surface area contributed by atoms with Crippen molar-refractivity contribution in [3.8, 4) is 0 Å². The number of aromatic nitrogens is 1. The average Bonchev–Trinajstić information content (AvgIpc) is 2.99. The van der Waals surface area contributed by atoms with Crippen LogP contribution in [0.15, 0.2) is 47.9 Å². The summed E-state index contributed by atoms with van der Waals surface area (Å²) in [5, 5.41) is 3.03. The third-order valence-electron chi connectivity index (χ3n) is 5.75. The highest BCUT2D eigenvalue weighted by atomic mass is 16.2. The molecule has 1 aromatic carbocycles. The van der Waals surface area contributed by atoms with E-state index in [1.54, 1.807) is 29.2 Å². The summed E-state index contributed by atoms with van der Waals surface area (Å²) in [5.74, 6) is -0.0266. The zero-order valence-corrected chi connectivity index (χ0v) is 16.6. The van der Waals surface area contributed by atoms with Crippen LogP contribution in [0.5, 0.6) is 0 Å². The van der Waals surface area contributed by atoms with Gasteiger partial charge in [0.1, 0.15) is 0 Å². The third-order valence-corrected chi connectivity index (χ3v) is 5.75. The van der Waals surface area contributed by atoms with E-state index in [0.717, 1.165) is 28.0 Å². The minimum absolute atomic E-state index is 0.0266. The van der Waals surface area contributed by atoms with E-state index < -0.39 is 6.04 Å². The van der Waals surface area contributed by atoms with Crippen LogP contribution in [-0.4, -0.2) is 40.3 Å². The first-order valence-corrected chi connectivity index (χ1v) is 9.40. The Morgan fingerprint density at radius 3 is 2.46 bits per heavy atom. The predicted molar refractivity (Wildman–Crippen MR) is 106 cm³/mol. The van der Waals surface area contributed by atoms with Crippen LogP contribution in [0, 0.1) is 20.8 Å². The summed E-state index contributed by atoms with van der Waals surface area (Å²) in [5.41, 5.74) is 6.88. The molecule has 0 saturated heterocycles. The lowest BCUT2D eigenvalue weighted by Gasteiger charge is -2.32. The predicted octanol–water partition coefficient (Wildman–Crippen LogP) is 3.00. The molecule has 4 rings (SSSR count). The molecule has 0 saturated carbocycles. The van der Waals surface area contributed by atoms with E-state index in [1.165, 1.54) is 5.56 Å². The van der Waals surface area contributed by atoms with E-state index in [2.05, 4.69) is 36.3 Å². The van der Waals surface area contributed by atoms with Gasteiger partial charge in [-0.15, -0.1) is 0 Å². The van der Waals surface area contributed by atoms with Crippen LogP contribution in [0.2, 0.25) is 0 Å². The standard InChI is InChI=1S/C22H24N4O2/c1-13-9-15(3)17(10-14(13)2)20-19-18(25(4)22(28)24-20)12-26(21(19)27)11-16-5-7-23-8-6-16/h5-10,20H,11-12H2,1-4H3,(H,24,28)/t20-/m0/s1. The van der Waals surface area contributed by atoms with Crippen molar-refractivity contribution in [2.24, 2.45) is 0 Å². The molecule has 1 N–H and O–H groups in total. The molecule has 1 aromatic heterocycles. The fourth-order valence-corrected chi connectivity index (χ4v) is 3.99. The Kier molecular flexibility index (Phi) is 4.41. The van der Waals surface area contributed by atoms with Gasteiger partial charge in [-0.05, 0) is 60.7 Å². The molecule has 0 unspecified atom stereocenters. The van der Waals surface area contributed by atoms with E-state index in [1.807, 2.05) is 19.1 Å². The molecule has 2 aliphatic rings. The molecule has 6 nitrogen and oxygen atoms in total. The Balaban J connectivity index is 1.73. The lowest BCUT2D eigenvalue weighted by Crippen LogP contribution is -2.45. The molecular formula is C22H24N4O2. The van der Waals surface area contributed by atoms with Crippen molar-refractivity contribution < 1.29 is 9.59 Å². The van der Waals surface area contributed by atoms with Crippen molar-refractivity contribution in [1.29, 1.82) is 0 Å². The zero-order chi connectivity index (χ0) is 20.0. The Hall–Kier alpha value is -3.15. The second kappa shape index (κ2) is 6.78. The number of carbonyl (C=O) groups is 2. The van der Waals surface area contributed by atoms with Crippen molar-refractivity contribution >= 4 is 11.9 Å². The topological polar surface area (TPSA) is 65.5 Å². The summed E-state index contributed by atoms with van der Waals surface area (Å²) in [6.07, 6.45) is 3.45. The maximum Gasteiger partial charge on any atom is 0.322 e. The number of carbonyl (C=O) groups excluding carboxylic acids is 2. The highest BCUT2D eigenvalue weighted by molar-refractivity contribution is 6.01. The van der Waals surface area contributed by atoms with E-state index in [0.29, 0.717) is 18.7 Å².